The van der Waals surface area contributed by atoms with Crippen molar-refractivity contribution in [1.82, 2.24) is 10.6 Å². The number of imide groups is 1. The van der Waals surface area contributed by atoms with Gasteiger partial charge in [0.25, 0.3) is 5.91 Å². The summed E-state index contributed by atoms with van der Waals surface area (Å²) < 4.78 is 15.4. The smallest absolute Gasteiger partial charge is 0.338 e. The van der Waals surface area contributed by atoms with Crippen molar-refractivity contribution in [2.24, 2.45) is 0 Å². The largest absolute Gasteiger partial charge is 0.496 e. The molecule has 1 rings (SSSR count). The van der Waals surface area contributed by atoms with E-state index in [-0.39, 0.29) is 12.2 Å². The first-order chi connectivity index (χ1) is 11.0. The number of methoxy groups -OCH3 is 1. The molecule has 0 fully saturated rings. The number of hydrogen-bond acceptors (Lipinski definition) is 6. The first-order valence-electron chi connectivity index (χ1n) is 6.95. The summed E-state index contributed by atoms with van der Waals surface area (Å²) >= 11 is 0. The number of carbonyl (C=O) groups is 3. The third-order valence-corrected chi connectivity index (χ3v) is 2.79. The Labute approximate surface area is 134 Å². The number of rotatable bonds is 7. The van der Waals surface area contributed by atoms with Gasteiger partial charge in [-0.3, -0.25) is 10.1 Å². The van der Waals surface area contributed by atoms with E-state index >= 15 is 0 Å². The summed E-state index contributed by atoms with van der Waals surface area (Å²) in [6.45, 7) is 2.12. The molecule has 8 heteroatoms. The second-order valence-corrected chi connectivity index (χ2v) is 4.37. The van der Waals surface area contributed by atoms with Crippen LogP contribution in [-0.4, -0.2) is 45.3 Å². The molecule has 0 aliphatic carbocycles. The molecule has 0 heterocycles. The van der Waals surface area contributed by atoms with Crippen LogP contribution in [0.25, 0.3) is 0 Å². The minimum absolute atomic E-state index is 0.258. The van der Waals surface area contributed by atoms with Gasteiger partial charge in [-0.25, -0.2) is 9.59 Å². The van der Waals surface area contributed by atoms with Crippen LogP contribution in [0.5, 0.6) is 5.75 Å². The van der Waals surface area contributed by atoms with E-state index in [1.54, 1.807) is 12.1 Å². The van der Waals surface area contributed by atoms with Crippen LogP contribution in [0.15, 0.2) is 18.2 Å². The number of carbonyl (C=O) groups excluding carboxylic acids is 3. The van der Waals surface area contributed by atoms with E-state index in [4.69, 9.17) is 14.2 Å². The van der Waals surface area contributed by atoms with Crippen molar-refractivity contribution in [2.45, 2.75) is 13.5 Å². The zero-order valence-corrected chi connectivity index (χ0v) is 13.3. The van der Waals surface area contributed by atoms with Crippen molar-refractivity contribution in [3.8, 4) is 5.75 Å². The summed E-state index contributed by atoms with van der Waals surface area (Å²) in [5.41, 5.74) is 0.951. The molecule has 0 aromatic heterocycles. The molecular formula is C15H20N2O6. The normalized spacial score (nSPS) is 9.87. The molecule has 1 aromatic carbocycles. The molecule has 126 valence electrons. The van der Waals surface area contributed by atoms with Gasteiger partial charge in [0.2, 0.25) is 0 Å². The van der Waals surface area contributed by atoms with Gasteiger partial charge in [-0.1, -0.05) is 0 Å². The third-order valence-electron chi connectivity index (χ3n) is 2.79. The second-order valence-electron chi connectivity index (χ2n) is 4.37. The summed E-state index contributed by atoms with van der Waals surface area (Å²) in [4.78, 5) is 34.3. The van der Waals surface area contributed by atoms with Gasteiger partial charge in [0.1, 0.15) is 5.75 Å². The quantitative estimate of drug-likeness (QED) is 0.721. The van der Waals surface area contributed by atoms with E-state index in [1.165, 1.54) is 20.2 Å². The standard InChI is InChI=1S/C15H20N2O6/c1-4-22-8-11-7-10(5-6-12(11)21-3)14(19)23-9-13(18)17-15(20)16-2/h5-7H,4,8-9H2,1-3H3,(H2,16,17,18,20). The molecule has 0 unspecified atom stereocenters. The Morgan fingerprint density at radius 2 is 1.96 bits per heavy atom. The van der Waals surface area contributed by atoms with Gasteiger partial charge in [-0.05, 0) is 25.1 Å². The Morgan fingerprint density at radius 1 is 1.22 bits per heavy atom. The lowest BCUT2D eigenvalue weighted by Crippen LogP contribution is -2.39. The van der Waals surface area contributed by atoms with Gasteiger partial charge in [0.15, 0.2) is 6.61 Å². The van der Waals surface area contributed by atoms with E-state index in [9.17, 15) is 14.4 Å². The van der Waals surface area contributed by atoms with E-state index in [1.807, 2.05) is 12.2 Å². The molecule has 2 N–H and O–H groups in total. The maximum atomic E-state index is 11.9. The highest BCUT2D eigenvalue weighted by molar-refractivity contribution is 5.97. The van der Waals surface area contributed by atoms with E-state index in [2.05, 4.69) is 5.32 Å². The summed E-state index contributed by atoms with van der Waals surface area (Å²) in [7, 11) is 2.89. The maximum Gasteiger partial charge on any atom is 0.338 e. The van der Waals surface area contributed by atoms with E-state index < -0.39 is 24.5 Å². The fraction of sp³-hybridized carbons (Fsp3) is 0.400. The predicted molar refractivity (Wildman–Crippen MR) is 81.2 cm³/mol. The number of nitrogens with one attached hydrogen (secondary N) is 2. The average Bonchev–Trinajstić information content (AvgIpc) is 2.57. The van der Waals surface area contributed by atoms with Crippen LogP contribution < -0.4 is 15.4 Å². The molecule has 8 nitrogen and oxygen atoms in total. The lowest BCUT2D eigenvalue weighted by atomic mass is 10.1. The van der Waals surface area contributed by atoms with Crippen LogP contribution >= 0.6 is 0 Å². The molecular weight excluding hydrogens is 304 g/mol. The maximum absolute atomic E-state index is 11.9. The Morgan fingerprint density at radius 3 is 2.57 bits per heavy atom. The lowest BCUT2D eigenvalue weighted by Gasteiger charge is -2.11. The summed E-state index contributed by atoms with van der Waals surface area (Å²) in [5, 5.41) is 4.20. The molecule has 0 aliphatic heterocycles. The number of benzene rings is 1. The van der Waals surface area contributed by atoms with Crippen molar-refractivity contribution in [1.29, 1.82) is 0 Å². The fourth-order valence-corrected chi connectivity index (χ4v) is 1.67. The first-order valence-corrected chi connectivity index (χ1v) is 6.95. The molecule has 23 heavy (non-hydrogen) atoms. The molecule has 0 saturated carbocycles. The van der Waals surface area contributed by atoms with Crippen molar-refractivity contribution in [3.05, 3.63) is 29.3 Å². The number of urea groups is 1. The fourth-order valence-electron chi connectivity index (χ4n) is 1.67. The van der Waals surface area contributed by atoms with Crippen molar-refractivity contribution in [3.63, 3.8) is 0 Å². The summed E-state index contributed by atoms with van der Waals surface area (Å²) in [6.07, 6.45) is 0. The number of ether oxygens (including phenoxy) is 3. The third kappa shape index (κ3) is 5.95. The van der Waals surface area contributed by atoms with Crippen LogP contribution in [0.2, 0.25) is 0 Å². The topological polar surface area (TPSA) is 103 Å². The lowest BCUT2D eigenvalue weighted by molar-refractivity contribution is -0.123. The summed E-state index contributed by atoms with van der Waals surface area (Å²) in [5.74, 6) is -0.814. The monoisotopic (exact) mass is 324 g/mol. The average molecular weight is 324 g/mol. The van der Waals surface area contributed by atoms with Gasteiger partial charge in [0.05, 0.1) is 19.3 Å². The van der Waals surface area contributed by atoms with Crippen LogP contribution in [-0.2, 0) is 20.9 Å². The van der Waals surface area contributed by atoms with Crippen molar-refractivity contribution >= 4 is 17.9 Å². The minimum atomic E-state index is -0.722. The van der Waals surface area contributed by atoms with E-state index in [0.717, 1.165) is 0 Å². The zero-order chi connectivity index (χ0) is 17.2. The van der Waals surface area contributed by atoms with Gasteiger partial charge in [-0.15, -0.1) is 0 Å². The molecule has 3 amide bonds. The van der Waals surface area contributed by atoms with Gasteiger partial charge >= 0.3 is 12.0 Å². The Balaban J connectivity index is 2.68. The molecule has 0 bridgehead atoms. The Kier molecular flexibility index (Phi) is 7.55. The SMILES string of the molecule is CCOCc1cc(C(=O)OCC(=O)NC(=O)NC)ccc1OC. The van der Waals surface area contributed by atoms with Crippen LogP contribution in [0.4, 0.5) is 4.79 Å². The molecule has 1 aromatic rings. The first kappa shape index (κ1) is 18.4. The number of esters is 1. The number of amides is 3. The summed E-state index contributed by atoms with van der Waals surface area (Å²) in [6, 6.07) is 4.05. The minimum Gasteiger partial charge on any atom is -0.496 e. The Bertz CT molecular complexity index is 573. The second kappa shape index (κ2) is 9.42. The zero-order valence-electron chi connectivity index (χ0n) is 13.3. The number of hydrogen-bond donors (Lipinski definition) is 2. The molecule has 0 radical (unpaired) electrons. The molecule has 0 atom stereocenters. The highest BCUT2D eigenvalue weighted by atomic mass is 16.5. The molecule has 0 saturated heterocycles. The Hall–Kier alpha value is -2.61. The van der Waals surface area contributed by atoms with Crippen LogP contribution in [0.3, 0.4) is 0 Å². The van der Waals surface area contributed by atoms with E-state index in [0.29, 0.717) is 17.9 Å². The van der Waals surface area contributed by atoms with Gasteiger partial charge < -0.3 is 19.5 Å². The highest BCUT2D eigenvalue weighted by Gasteiger charge is 2.14. The van der Waals surface area contributed by atoms with Crippen molar-refractivity contribution in [2.75, 3.05) is 27.4 Å². The molecule has 0 spiro atoms. The van der Waals surface area contributed by atoms with Crippen LogP contribution in [0.1, 0.15) is 22.8 Å². The van der Waals surface area contributed by atoms with Crippen molar-refractivity contribution < 1.29 is 28.6 Å². The van der Waals surface area contributed by atoms with Gasteiger partial charge in [0, 0.05) is 19.2 Å². The van der Waals surface area contributed by atoms with Crippen LogP contribution in [0, 0.1) is 0 Å². The van der Waals surface area contributed by atoms with Gasteiger partial charge in [-0.2, -0.15) is 0 Å². The highest BCUT2D eigenvalue weighted by Crippen LogP contribution is 2.21. The predicted octanol–water partition coefficient (Wildman–Crippen LogP) is 0.844. The molecule has 0 aliphatic rings.